The Kier molecular flexibility index (Phi) is 7.96. The van der Waals surface area contributed by atoms with Crippen LogP contribution in [0.15, 0.2) is 30.3 Å². The Labute approximate surface area is 219 Å². The maximum absolute atomic E-state index is 2.59. The van der Waals surface area contributed by atoms with Gasteiger partial charge >= 0.3 is 0 Å². The second-order valence-corrected chi connectivity index (χ2v) is 16.2. The van der Waals surface area contributed by atoms with Crippen molar-refractivity contribution < 1.29 is 0 Å². The molecule has 0 fully saturated rings. The standard InChI is InChI=1S/C35H56/c1-23(20-24-18-17-19-25(21-24)31(2,3)4)28-26(32(5,6)7)22-27(33(8,9)10)29(34(11,12)13)30(28)35(14,15)16/h17-19,21-23H,20H2,1-16H3. The third-order valence-corrected chi connectivity index (χ3v) is 7.31. The smallest absolute Gasteiger partial charge is 0.0126 e. The molecule has 0 bridgehead atoms. The molecule has 0 N–H and O–H groups in total. The molecule has 0 saturated carbocycles. The van der Waals surface area contributed by atoms with Gasteiger partial charge < -0.3 is 0 Å². The topological polar surface area (TPSA) is 0 Å². The van der Waals surface area contributed by atoms with E-state index < -0.39 is 0 Å². The highest BCUT2D eigenvalue weighted by atomic mass is 14.4. The van der Waals surface area contributed by atoms with Crippen molar-refractivity contribution in [2.75, 3.05) is 0 Å². The van der Waals surface area contributed by atoms with Gasteiger partial charge in [0.25, 0.3) is 0 Å². The van der Waals surface area contributed by atoms with Crippen LogP contribution in [-0.2, 0) is 33.5 Å². The third kappa shape index (κ3) is 6.81. The van der Waals surface area contributed by atoms with Crippen LogP contribution in [0.1, 0.15) is 156 Å². The second-order valence-electron chi connectivity index (χ2n) is 16.2. The first-order valence-electron chi connectivity index (χ1n) is 13.8. The summed E-state index contributed by atoms with van der Waals surface area (Å²) in [6.45, 7) is 38.2. The Morgan fingerprint density at radius 1 is 0.543 bits per heavy atom. The van der Waals surface area contributed by atoms with E-state index in [1.54, 1.807) is 16.7 Å². The Balaban J connectivity index is 2.95. The Bertz CT molecular complexity index is 1030. The van der Waals surface area contributed by atoms with E-state index in [1.807, 2.05) is 0 Å². The van der Waals surface area contributed by atoms with Crippen molar-refractivity contribution in [3.05, 3.63) is 69.3 Å². The van der Waals surface area contributed by atoms with Gasteiger partial charge in [0.15, 0.2) is 0 Å². The van der Waals surface area contributed by atoms with Crippen LogP contribution < -0.4 is 0 Å². The molecule has 2 rings (SSSR count). The predicted molar refractivity (Wildman–Crippen MR) is 159 cm³/mol. The first kappa shape index (κ1) is 29.7. The van der Waals surface area contributed by atoms with Gasteiger partial charge in [0.1, 0.15) is 0 Å². The summed E-state index contributed by atoms with van der Waals surface area (Å²) in [5.41, 5.74) is 11.1. The van der Waals surface area contributed by atoms with Crippen molar-refractivity contribution >= 4 is 0 Å². The van der Waals surface area contributed by atoms with Crippen LogP contribution >= 0.6 is 0 Å². The average molecular weight is 477 g/mol. The van der Waals surface area contributed by atoms with Crippen molar-refractivity contribution in [1.82, 2.24) is 0 Å². The Morgan fingerprint density at radius 3 is 1.43 bits per heavy atom. The normalized spacial score (nSPS) is 14.9. The van der Waals surface area contributed by atoms with Gasteiger partial charge in [-0.05, 0) is 78.4 Å². The minimum absolute atomic E-state index is 0.0563. The van der Waals surface area contributed by atoms with Crippen molar-refractivity contribution in [1.29, 1.82) is 0 Å². The monoisotopic (exact) mass is 476 g/mol. The molecule has 0 aliphatic heterocycles. The minimum atomic E-state index is 0.0563. The van der Waals surface area contributed by atoms with E-state index in [2.05, 4.69) is 141 Å². The molecule has 1 unspecified atom stereocenters. The zero-order valence-corrected chi connectivity index (χ0v) is 26.2. The van der Waals surface area contributed by atoms with Gasteiger partial charge in [-0.3, -0.25) is 0 Å². The maximum Gasteiger partial charge on any atom is -0.0126 e. The van der Waals surface area contributed by atoms with E-state index in [0.29, 0.717) is 5.92 Å². The largest absolute Gasteiger partial charge is 0.0617 e. The summed E-state index contributed by atoms with van der Waals surface area (Å²) in [6, 6.07) is 11.9. The van der Waals surface area contributed by atoms with Gasteiger partial charge in [0.05, 0.1) is 0 Å². The summed E-state index contributed by atoms with van der Waals surface area (Å²) in [5, 5.41) is 0. The lowest BCUT2D eigenvalue weighted by Crippen LogP contribution is -2.33. The summed E-state index contributed by atoms with van der Waals surface area (Å²) in [5.74, 6) is 0.434. The zero-order chi connectivity index (χ0) is 27.4. The van der Waals surface area contributed by atoms with Crippen molar-refractivity contribution in [2.24, 2.45) is 0 Å². The molecule has 0 heteroatoms. The van der Waals surface area contributed by atoms with Gasteiger partial charge in [-0.1, -0.05) is 141 Å². The summed E-state index contributed by atoms with van der Waals surface area (Å²) in [7, 11) is 0. The lowest BCUT2D eigenvalue weighted by molar-refractivity contribution is 0.478. The van der Waals surface area contributed by atoms with Crippen LogP contribution in [0.25, 0.3) is 0 Å². The van der Waals surface area contributed by atoms with Crippen molar-refractivity contribution in [3.8, 4) is 0 Å². The SMILES string of the molecule is CC(Cc1cccc(C(C)(C)C)c1)c1c(C(C)(C)C)cc(C(C)(C)C)c(C(C)(C)C)c1C(C)(C)C. The van der Waals surface area contributed by atoms with Gasteiger partial charge in [0, 0.05) is 0 Å². The van der Waals surface area contributed by atoms with E-state index in [0.717, 1.165) is 6.42 Å². The summed E-state index contributed by atoms with van der Waals surface area (Å²) < 4.78 is 0. The third-order valence-electron chi connectivity index (χ3n) is 7.31. The van der Waals surface area contributed by atoms with Crippen LogP contribution in [0.3, 0.4) is 0 Å². The fraction of sp³-hybridized carbons (Fsp3) is 0.657. The van der Waals surface area contributed by atoms with E-state index >= 15 is 0 Å². The van der Waals surface area contributed by atoms with Crippen LogP contribution in [0.5, 0.6) is 0 Å². The molecular weight excluding hydrogens is 420 g/mol. The molecule has 0 aliphatic carbocycles. The predicted octanol–water partition coefficient (Wildman–Crippen LogP) is 10.5. The van der Waals surface area contributed by atoms with Gasteiger partial charge in [0.2, 0.25) is 0 Å². The van der Waals surface area contributed by atoms with Crippen LogP contribution in [0.4, 0.5) is 0 Å². The molecule has 0 amide bonds. The maximum atomic E-state index is 2.59. The molecular formula is C35H56. The molecule has 0 aliphatic rings. The van der Waals surface area contributed by atoms with E-state index in [9.17, 15) is 0 Å². The summed E-state index contributed by atoms with van der Waals surface area (Å²) in [4.78, 5) is 0. The molecule has 196 valence electrons. The van der Waals surface area contributed by atoms with Crippen molar-refractivity contribution in [2.45, 2.75) is 150 Å². The van der Waals surface area contributed by atoms with Crippen molar-refractivity contribution in [3.63, 3.8) is 0 Å². The molecule has 0 aromatic heterocycles. The Hall–Kier alpha value is -1.56. The van der Waals surface area contributed by atoms with Gasteiger partial charge in [-0.2, -0.15) is 0 Å². The lowest BCUT2D eigenvalue weighted by atomic mass is 9.62. The molecule has 35 heavy (non-hydrogen) atoms. The zero-order valence-electron chi connectivity index (χ0n) is 26.2. The van der Waals surface area contributed by atoms with Crippen LogP contribution in [-0.4, -0.2) is 0 Å². The molecule has 0 heterocycles. The quantitative estimate of drug-likeness (QED) is 0.413. The molecule has 0 spiro atoms. The highest BCUT2D eigenvalue weighted by molar-refractivity contribution is 5.57. The van der Waals surface area contributed by atoms with Gasteiger partial charge in [-0.25, -0.2) is 0 Å². The van der Waals surface area contributed by atoms with Crippen LogP contribution in [0, 0.1) is 0 Å². The Morgan fingerprint density at radius 2 is 1.03 bits per heavy atom. The highest BCUT2D eigenvalue weighted by Crippen LogP contribution is 2.48. The number of rotatable bonds is 3. The van der Waals surface area contributed by atoms with Crippen LogP contribution in [0.2, 0.25) is 0 Å². The van der Waals surface area contributed by atoms with Gasteiger partial charge in [-0.15, -0.1) is 0 Å². The first-order chi connectivity index (χ1) is 15.5. The molecule has 0 nitrogen and oxygen atoms in total. The number of hydrogen-bond acceptors (Lipinski definition) is 0. The highest BCUT2D eigenvalue weighted by Gasteiger charge is 2.38. The fourth-order valence-corrected chi connectivity index (χ4v) is 5.60. The van der Waals surface area contributed by atoms with E-state index in [-0.39, 0.29) is 27.1 Å². The number of hydrogen-bond donors (Lipinski definition) is 0. The molecule has 2 aromatic carbocycles. The molecule has 0 saturated heterocycles. The van der Waals surface area contributed by atoms with E-state index in [4.69, 9.17) is 0 Å². The molecule has 2 aromatic rings. The number of benzene rings is 2. The average Bonchev–Trinajstić information content (AvgIpc) is 2.62. The second kappa shape index (κ2) is 9.39. The lowest BCUT2D eigenvalue weighted by Gasteiger charge is -2.42. The fourth-order valence-electron chi connectivity index (χ4n) is 5.60. The summed E-state index contributed by atoms with van der Waals surface area (Å²) >= 11 is 0. The minimum Gasteiger partial charge on any atom is -0.0617 e. The molecule has 0 radical (unpaired) electrons. The van der Waals surface area contributed by atoms with E-state index in [1.165, 1.54) is 22.3 Å². The first-order valence-corrected chi connectivity index (χ1v) is 13.8. The molecule has 1 atom stereocenters. The summed E-state index contributed by atoms with van der Waals surface area (Å²) in [6.07, 6.45) is 1.06.